The van der Waals surface area contributed by atoms with E-state index in [4.69, 9.17) is 30.5 Å². The quantitative estimate of drug-likeness (QED) is 0.399. The number of allylic oxidation sites excluding steroid dienone is 2. The molecule has 2 fully saturated rings. The van der Waals surface area contributed by atoms with Crippen LogP contribution in [0.3, 0.4) is 0 Å². The van der Waals surface area contributed by atoms with Crippen LogP contribution in [-0.2, 0) is 45.6 Å². The van der Waals surface area contributed by atoms with Crippen molar-refractivity contribution in [3.63, 3.8) is 0 Å². The molecule has 1 amide bonds. The summed E-state index contributed by atoms with van der Waals surface area (Å²) in [6.45, 7) is 5.73. The predicted octanol–water partition coefficient (Wildman–Crippen LogP) is 5.79. The van der Waals surface area contributed by atoms with Crippen LogP contribution in [0.1, 0.15) is 82.3 Å². The van der Waals surface area contributed by atoms with Gasteiger partial charge in [0.25, 0.3) is 5.91 Å². The summed E-state index contributed by atoms with van der Waals surface area (Å²) in [5, 5.41) is 0.00576. The molecule has 1 saturated carbocycles. The van der Waals surface area contributed by atoms with Gasteiger partial charge >= 0.3 is 0 Å². The van der Waals surface area contributed by atoms with E-state index in [1.54, 1.807) is 7.11 Å². The third-order valence-corrected chi connectivity index (χ3v) is 15.3. The zero-order valence-electron chi connectivity index (χ0n) is 31.4. The number of nitrogens with one attached hydrogen (secondary N) is 1. The number of hydrogen-bond acceptors (Lipinski definition) is 9. The molecule has 7 rings (SSSR count). The van der Waals surface area contributed by atoms with E-state index in [-0.39, 0.29) is 29.6 Å². The molecule has 288 valence electrons. The van der Waals surface area contributed by atoms with E-state index in [1.807, 2.05) is 19.1 Å². The minimum Gasteiger partial charge on any atom is -0.495 e. The third kappa shape index (κ3) is 7.83. The van der Waals surface area contributed by atoms with Gasteiger partial charge in [-0.25, -0.2) is 13.1 Å². The highest BCUT2D eigenvalue weighted by Crippen LogP contribution is 2.48. The zero-order valence-corrected chi connectivity index (χ0v) is 33.0. The summed E-state index contributed by atoms with van der Waals surface area (Å²) in [5.74, 6) is 1.24. The Morgan fingerprint density at radius 2 is 1.87 bits per heavy atom. The SMILES string of the molecule is COCC[C@@H]1[C@@H](C)CCC[C@H](C2OCC(N(C)C)CO2)[C@@H]2CC[C@H]2CN2C[C@@]3(CCCc4cc(Cl)ccc43)COC3=C2C=C(CC3)C(=O)NS1(=O)=O. The van der Waals surface area contributed by atoms with Crippen molar-refractivity contribution in [2.75, 3.05) is 60.7 Å². The fourth-order valence-corrected chi connectivity index (χ4v) is 11.8. The molecular weight excluding hydrogens is 702 g/mol. The maximum atomic E-state index is 14.0. The maximum Gasteiger partial charge on any atom is 0.260 e. The summed E-state index contributed by atoms with van der Waals surface area (Å²) in [4.78, 5) is 18.5. The molecule has 0 radical (unpaired) electrons. The number of carbonyl (C=O) groups is 1. The first-order chi connectivity index (χ1) is 25.0. The molecule has 1 aromatic rings. The number of fused-ring (bicyclic) bond motifs is 3. The molecule has 12 heteroatoms. The van der Waals surface area contributed by atoms with E-state index < -0.39 is 21.2 Å². The minimum atomic E-state index is -3.98. The standard InChI is InChI=1S/C40H58ClN3O7S/c1-26-7-5-9-33(39-49-22-31(23-50-39)43(2)3)32-13-10-29(32)21-44-24-40(17-6-8-27-19-30(41)12-14-34(27)40)25-51-36-15-11-28(20-35(36)44)38(45)42-52(46,47)37(26)16-18-48-4/h12,14,19-20,26,29,31-33,37,39H,5-11,13,15-18,21-25H2,1-4H3,(H,42,45)/t26-,29-,31?,32+,33-,37+,39?,40-/m0/s1. The predicted molar refractivity (Wildman–Crippen MR) is 201 cm³/mol. The lowest BCUT2D eigenvalue weighted by Crippen LogP contribution is -2.51. The van der Waals surface area contributed by atoms with Crippen molar-refractivity contribution in [2.45, 2.75) is 101 Å². The van der Waals surface area contributed by atoms with Crippen LogP contribution in [0.2, 0.25) is 5.02 Å². The molecule has 2 bridgehead atoms. The van der Waals surface area contributed by atoms with Crippen LogP contribution >= 0.6 is 11.6 Å². The van der Waals surface area contributed by atoms with Gasteiger partial charge in [0.1, 0.15) is 5.76 Å². The molecule has 6 atom stereocenters. The molecule has 3 aliphatic heterocycles. The van der Waals surface area contributed by atoms with Gasteiger partial charge in [-0.1, -0.05) is 31.0 Å². The Bertz CT molecular complexity index is 1640. The van der Waals surface area contributed by atoms with Crippen LogP contribution in [0.25, 0.3) is 0 Å². The van der Waals surface area contributed by atoms with Gasteiger partial charge < -0.3 is 28.7 Å². The van der Waals surface area contributed by atoms with Gasteiger partial charge in [0, 0.05) is 55.2 Å². The first kappa shape index (κ1) is 38.1. The van der Waals surface area contributed by atoms with Crippen LogP contribution in [-0.4, -0.2) is 102 Å². The van der Waals surface area contributed by atoms with Crippen LogP contribution in [0.4, 0.5) is 0 Å². The van der Waals surface area contributed by atoms with Crippen molar-refractivity contribution < 1.29 is 32.2 Å². The summed E-state index contributed by atoms with van der Waals surface area (Å²) in [6, 6.07) is 6.54. The second kappa shape index (κ2) is 15.9. The highest BCUT2D eigenvalue weighted by Gasteiger charge is 2.47. The molecule has 1 saturated heterocycles. The molecule has 52 heavy (non-hydrogen) atoms. The molecule has 6 aliphatic rings. The number of ether oxygens (including phenoxy) is 4. The number of hydrogen-bond donors (Lipinski definition) is 1. The number of carbonyl (C=O) groups excluding carboxylic acids is 1. The molecule has 1 aromatic carbocycles. The number of halogens is 1. The number of amides is 1. The molecular formula is C40H58ClN3O7S. The van der Waals surface area contributed by atoms with E-state index in [9.17, 15) is 13.2 Å². The molecule has 10 nitrogen and oxygen atoms in total. The first-order valence-corrected chi connectivity index (χ1v) is 21.5. The summed E-state index contributed by atoms with van der Waals surface area (Å²) in [6.07, 6.45) is 10.7. The molecule has 0 aromatic heterocycles. The van der Waals surface area contributed by atoms with Crippen molar-refractivity contribution >= 4 is 27.5 Å². The Morgan fingerprint density at radius 3 is 2.60 bits per heavy atom. The van der Waals surface area contributed by atoms with Gasteiger partial charge in [-0.2, -0.15) is 0 Å². The number of nitrogens with zero attached hydrogens (tertiary/aromatic N) is 2. The Labute approximate surface area is 315 Å². The van der Waals surface area contributed by atoms with Crippen LogP contribution < -0.4 is 4.72 Å². The summed E-state index contributed by atoms with van der Waals surface area (Å²) >= 11 is 6.50. The highest BCUT2D eigenvalue weighted by atomic mass is 35.5. The Morgan fingerprint density at radius 1 is 1.06 bits per heavy atom. The van der Waals surface area contributed by atoms with Crippen molar-refractivity contribution in [3.05, 3.63) is 57.5 Å². The van der Waals surface area contributed by atoms with Crippen LogP contribution in [0.5, 0.6) is 0 Å². The summed E-state index contributed by atoms with van der Waals surface area (Å²) < 4.78 is 55.6. The highest BCUT2D eigenvalue weighted by molar-refractivity contribution is 7.90. The third-order valence-electron chi connectivity index (χ3n) is 13.1. The van der Waals surface area contributed by atoms with E-state index >= 15 is 0 Å². The Kier molecular flexibility index (Phi) is 11.7. The lowest BCUT2D eigenvalue weighted by Gasteiger charge is -2.49. The number of benzene rings is 1. The number of rotatable bonds is 5. The second-order valence-corrected chi connectivity index (χ2v) is 18.9. The average molecular weight is 760 g/mol. The number of sulfonamides is 1. The van der Waals surface area contributed by atoms with Gasteiger partial charge in [-0.3, -0.25) is 4.79 Å². The zero-order chi connectivity index (χ0) is 36.6. The maximum absolute atomic E-state index is 14.0. The molecule has 0 unspecified atom stereocenters. The fourth-order valence-electron chi connectivity index (χ4n) is 9.91. The number of aryl methyl sites for hydroxylation is 1. The van der Waals surface area contributed by atoms with E-state index in [0.717, 1.165) is 80.9 Å². The number of likely N-dealkylation sites (N-methyl/N-ethyl adjacent to an activating group) is 1. The van der Waals surface area contributed by atoms with Gasteiger partial charge in [0.2, 0.25) is 10.0 Å². The van der Waals surface area contributed by atoms with Crippen LogP contribution in [0.15, 0.2) is 41.3 Å². The normalized spacial score (nSPS) is 35.4. The monoisotopic (exact) mass is 759 g/mol. The van der Waals surface area contributed by atoms with Gasteiger partial charge in [0.15, 0.2) is 6.29 Å². The summed E-state index contributed by atoms with van der Waals surface area (Å²) in [5.41, 5.74) is 3.77. The van der Waals surface area contributed by atoms with E-state index in [0.29, 0.717) is 63.1 Å². The van der Waals surface area contributed by atoms with Gasteiger partial charge in [0.05, 0.1) is 36.8 Å². The molecule has 3 heterocycles. The minimum absolute atomic E-state index is 0.164. The van der Waals surface area contributed by atoms with Crippen molar-refractivity contribution in [3.8, 4) is 0 Å². The lowest BCUT2D eigenvalue weighted by atomic mass is 9.64. The average Bonchev–Trinajstić information content (AvgIpc) is 3.25. The topological polar surface area (TPSA) is 107 Å². The largest absolute Gasteiger partial charge is 0.495 e. The summed E-state index contributed by atoms with van der Waals surface area (Å²) in [7, 11) is 1.73. The lowest BCUT2D eigenvalue weighted by molar-refractivity contribution is -0.241. The number of methoxy groups -OCH3 is 1. The van der Waals surface area contributed by atoms with Crippen molar-refractivity contribution in [1.82, 2.24) is 14.5 Å². The Hall–Kier alpha value is -2.15. The second-order valence-electron chi connectivity index (χ2n) is 16.6. The molecule has 1 N–H and O–H groups in total. The van der Waals surface area contributed by atoms with Gasteiger partial charge in [-0.05, 0) is 119 Å². The Balaban J connectivity index is 1.26. The van der Waals surface area contributed by atoms with Gasteiger partial charge in [-0.15, -0.1) is 0 Å². The van der Waals surface area contributed by atoms with Crippen molar-refractivity contribution in [2.24, 2.45) is 23.7 Å². The molecule has 1 spiro atoms. The smallest absolute Gasteiger partial charge is 0.260 e. The molecule has 3 aliphatic carbocycles. The van der Waals surface area contributed by atoms with E-state index in [1.165, 1.54) is 11.1 Å². The van der Waals surface area contributed by atoms with E-state index in [2.05, 4.69) is 40.7 Å². The first-order valence-electron chi connectivity index (χ1n) is 19.5. The van der Waals surface area contributed by atoms with Crippen molar-refractivity contribution in [1.29, 1.82) is 0 Å². The van der Waals surface area contributed by atoms with Crippen LogP contribution in [0, 0.1) is 23.7 Å². The fraction of sp³-hybridized carbons (Fsp3) is 0.725.